The van der Waals surface area contributed by atoms with E-state index in [4.69, 9.17) is 9.47 Å². The van der Waals surface area contributed by atoms with Gasteiger partial charge in [-0.3, -0.25) is 9.59 Å². The molecule has 3 aromatic carbocycles. The number of fused-ring (bicyclic) bond motifs is 1. The van der Waals surface area contributed by atoms with Gasteiger partial charge >= 0.3 is 0 Å². The smallest absolute Gasteiger partial charge is 0.295 e. The number of hydrogen-bond donors (Lipinski definition) is 1. The molecular formula is C28H29NO5. The van der Waals surface area contributed by atoms with Crippen molar-refractivity contribution in [1.82, 2.24) is 4.90 Å². The van der Waals surface area contributed by atoms with Gasteiger partial charge < -0.3 is 19.5 Å². The first-order chi connectivity index (χ1) is 16.4. The summed E-state index contributed by atoms with van der Waals surface area (Å²) in [6, 6.07) is 19.8. The zero-order valence-electron chi connectivity index (χ0n) is 19.7. The predicted molar refractivity (Wildman–Crippen MR) is 132 cm³/mol. The molecule has 3 aromatic rings. The summed E-state index contributed by atoms with van der Waals surface area (Å²) in [7, 11) is 0. The number of nitrogens with zero attached hydrogens (tertiary/aromatic N) is 1. The molecule has 176 valence electrons. The van der Waals surface area contributed by atoms with E-state index in [1.807, 2.05) is 81.4 Å². The van der Waals surface area contributed by atoms with Crippen LogP contribution in [0.15, 0.2) is 72.3 Å². The molecule has 0 spiro atoms. The van der Waals surface area contributed by atoms with E-state index in [-0.39, 0.29) is 30.6 Å². The quantitative estimate of drug-likeness (QED) is 0.289. The average Bonchev–Trinajstić information content (AvgIpc) is 3.08. The maximum Gasteiger partial charge on any atom is 0.295 e. The van der Waals surface area contributed by atoms with E-state index in [1.54, 1.807) is 6.07 Å². The largest absolute Gasteiger partial charge is 0.507 e. The third-order valence-corrected chi connectivity index (χ3v) is 5.83. The van der Waals surface area contributed by atoms with Crippen LogP contribution in [0.3, 0.4) is 0 Å². The van der Waals surface area contributed by atoms with Crippen molar-refractivity contribution in [3.8, 4) is 5.75 Å². The lowest BCUT2D eigenvalue weighted by Gasteiger charge is -2.26. The Morgan fingerprint density at radius 3 is 2.50 bits per heavy atom. The van der Waals surface area contributed by atoms with Gasteiger partial charge in [0, 0.05) is 12.1 Å². The third kappa shape index (κ3) is 4.68. The maximum absolute atomic E-state index is 13.2. The predicted octanol–water partition coefficient (Wildman–Crippen LogP) is 5.09. The first-order valence-corrected chi connectivity index (χ1v) is 11.5. The summed E-state index contributed by atoms with van der Waals surface area (Å²) in [5, 5.41) is 13.3. The van der Waals surface area contributed by atoms with Crippen molar-refractivity contribution in [1.29, 1.82) is 0 Å². The number of carbonyl (C=O) groups excluding carboxylic acids is 2. The molecule has 1 unspecified atom stereocenters. The number of hydrogen-bond acceptors (Lipinski definition) is 5. The second-order valence-electron chi connectivity index (χ2n) is 8.48. The van der Waals surface area contributed by atoms with Crippen LogP contribution in [-0.2, 0) is 14.3 Å². The second kappa shape index (κ2) is 10.1. The number of aliphatic hydroxyl groups is 1. The second-order valence-corrected chi connectivity index (χ2v) is 8.48. The van der Waals surface area contributed by atoms with Gasteiger partial charge in [0.15, 0.2) is 0 Å². The van der Waals surface area contributed by atoms with Crippen LogP contribution < -0.4 is 4.74 Å². The van der Waals surface area contributed by atoms with E-state index in [9.17, 15) is 14.7 Å². The minimum atomic E-state index is -0.748. The Bertz CT molecular complexity index is 1250. The molecule has 1 amide bonds. The van der Waals surface area contributed by atoms with Crippen LogP contribution in [0.25, 0.3) is 16.5 Å². The summed E-state index contributed by atoms with van der Waals surface area (Å²) in [6.45, 7) is 6.71. The lowest BCUT2D eigenvalue weighted by molar-refractivity contribution is -0.140. The van der Waals surface area contributed by atoms with Gasteiger partial charge in [-0.25, -0.2) is 0 Å². The molecule has 34 heavy (non-hydrogen) atoms. The van der Waals surface area contributed by atoms with Gasteiger partial charge in [0.25, 0.3) is 11.7 Å². The van der Waals surface area contributed by atoms with Gasteiger partial charge in [0.2, 0.25) is 0 Å². The molecule has 0 bridgehead atoms. The van der Waals surface area contributed by atoms with Crippen molar-refractivity contribution in [2.75, 3.05) is 19.8 Å². The summed E-state index contributed by atoms with van der Waals surface area (Å²) < 4.78 is 11.3. The van der Waals surface area contributed by atoms with Crippen LogP contribution in [0.1, 0.15) is 37.9 Å². The van der Waals surface area contributed by atoms with Crippen molar-refractivity contribution >= 4 is 28.2 Å². The molecule has 0 aliphatic carbocycles. The molecule has 6 heteroatoms. The van der Waals surface area contributed by atoms with E-state index in [0.717, 1.165) is 10.8 Å². The molecule has 1 heterocycles. The number of amides is 1. The first kappa shape index (κ1) is 23.5. The van der Waals surface area contributed by atoms with E-state index < -0.39 is 17.7 Å². The summed E-state index contributed by atoms with van der Waals surface area (Å²) in [5.41, 5.74) is 1.25. The Balaban J connectivity index is 1.82. The van der Waals surface area contributed by atoms with Gasteiger partial charge in [-0.05, 0) is 55.3 Å². The Morgan fingerprint density at radius 1 is 1.00 bits per heavy atom. The fraction of sp³-hybridized carbons (Fsp3) is 0.286. The Kier molecular flexibility index (Phi) is 6.98. The minimum Gasteiger partial charge on any atom is -0.507 e. The van der Waals surface area contributed by atoms with Crippen LogP contribution in [-0.4, -0.2) is 47.6 Å². The molecule has 0 aromatic heterocycles. The lowest BCUT2D eigenvalue weighted by Crippen LogP contribution is -2.33. The highest BCUT2D eigenvalue weighted by Crippen LogP contribution is 2.40. The van der Waals surface area contributed by atoms with Crippen LogP contribution in [0.2, 0.25) is 0 Å². The molecule has 1 atom stereocenters. The highest BCUT2D eigenvalue weighted by atomic mass is 16.5. The topological polar surface area (TPSA) is 76.1 Å². The molecule has 1 aliphatic heterocycles. The average molecular weight is 460 g/mol. The van der Waals surface area contributed by atoms with Crippen molar-refractivity contribution < 1.29 is 24.2 Å². The number of rotatable bonds is 8. The van der Waals surface area contributed by atoms with Crippen molar-refractivity contribution in [3.05, 3.63) is 83.4 Å². The van der Waals surface area contributed by atoms with Gasteiger partial charge in [0.1, 0.15) is 11.5 Å². The summed E-state index contributed by atoms with van der Waals surface area (Å²) >= 11 is 0. The van der Waals surface area contributed by atoms with E-state index in [1.165, 1.54) is 4.90 Å². The molecule has 4 rings (SSSR count). The van der Waals surface area contributed by atoms with Crippen molar-refractivity contribution in [2.24, 2.45) is 0 Å². The normalized spacial score (nSPS) is 17.6. The van der Waals surface area contributed by atoms with Gasteiger partial charge in [-0.15, -0.1) is 0 Å². The highest BCUT2D eigenvalue weighted by Gasteiger charge is 2.46. The Labute approximate surface area is 199 Å². The fourth-order valence-corrected chi connectivity index (χ4v) is 4.28. The van der Waals surface area contributed by atoms with Crippen molar-refractivity contribution in [2.45, 2.75) is 32.9 Å². The Hall–Kier alpha value is -3.64. The minimum absolute atomic E-state index is 0.00541. The number of ether oxygens (including phenoxy) is 2. The third-order valence-electron chi connectivity index (χ3n) is 5.83. The van der Waals surface area contributed by atoms with E-state index >= 15 is 0 Å². The standard InChI is InChI=1S/C28H29NO5/c1-4-33-23-11-7-10-21(17-23)25-24(27(31)28(32)29(25)14-15-34-18(2)3)26(30)22-13-12-19-8-5-6-9-20(19)16-22/h5-13,16-18,25,30H,4,14-15H2,1-3H3/b26-24-. The first-order valence-electron chi connectivity index (χ1n) is 11.5. The molecular weight excluding hydrogens is 430 g/mol. The van der Waals surface area contributed by atoms with E-state index in [0.29, 0.717) is 23.5 Å². The monoisotopic (exact) mass is 459 g/mol. The van der Waals surface area contributed by atoms with Gasteiger partial charge in [-0.1, -0.05) is 48.5 Å². The lowest BCUT2D eigenvalue weighted by atomic mass is 9.94. The molecule has 0 saturated carbocycles. The molecule has 1 N–H and O–H groups in total. The zero-order chi connectivity index (χ0) is 24.2. The van der Waals surface area contributed by atoms with Gasteiger partial charge in [0.05, 0.1) is 30.9 Å². The molecule has 1 saturated heterocycles. The number of aliphatic hydroxyl groups excluding tert-OH is 1. The summed E-state index contributed by atoms with van der Waals surface area (Å²) in [5.74, 6) is -0.915. The Morgan fingerprint density at radius 2 is 1.76 bits per heavy atom. The number of likely N-dealkylation sites (tertiary alicyclic amines) is 1. The summed E-state index contributed by atoms with van der Waals surface area (Å²) in [6.07, 6.45) is -0.00541. The number of ketones is 1. The van der Waals surface area contributed by atoms with Crippen LogP contribution in [0.4, 0.5) is 0 Å². The molecule has 1 aliphatic rings. The fourth-order valence-electron chi connectivity index (χ4n) is 4.28. The molecule has 0 radical (unpaired) electrons. The SMILES string of the molecule is CCOc1cccc(C2/C(=C(/O)c3ccc4ccccc4c3)C(=O)C(=O)N2CCOC(C)C)c1. The molecule has 1 fully saturated rings. The van der Waals surface area contributed by atoms with Crippen molar-refractivity contribution in [3.63, 3.8) is 0 Å². The number of carbonyl (C=O) groups is 2. The maximum atomic E-state index is 13.2. The molecule has 6 nitrogen and oxygen atoms in total. The number of benzene rings is 3. The van der Waals surface area contributed by atoms with Crippen LogP contribution in [0.5, 0.6) is 5.75 Å². The zero-order valence-corrected chi connectivity index (χ0v) is 19.7. The van der Waals surface area contributed by atoms with Crippen LogP contribution >= 0.6 is 0 Å². The van der Waals surface area contributed by atoms with E-state index in [2.05, 4.69) is 0 Å². The number of Topliss-reactive ketones (excluding diaryl/α,β-unsaturated/α-hetero) is 1. The van der Waals surface area contributed by atoms with Crippen LogP contribution in [0, 0.1) is 0 Å². The highest BCUT2D eigenvalue weighted by molar-refractivity contribution is 6.46. The van der Waals surface area contributed by atoms with Gasteiger partial charge in [-0.2, -0.15) is 0 Å². The summed E-state index contributed by atoms with van der Waals surface area (Å²) in [4.78, 5) is 27.8.